The van der Waals surface area contributed by atoms with Crippen molar-refractivity contribution in [2.24, 2.45) is 0 Å². The van der Waals surface area contributed by atoms with Crippen molar-refractivity contribution in [3.05, 3.63) is 57.0 Å². The first-order valence-electron chi connectivity index (χ1n) is 11.2. The lowest BCUT2D eigenvalue weighted by atomic mass is 9.97. The van der Waals surface area contributed by atoms with Crippen molar-refractivity contribution in [3.63, 3.8) is 0 Å². The fourth-order valence-electron chi connectivity index (χ4n) is 4.21. The quantitative estimate of drug-likeness (QED) is 0.468. The molecule has 3 aromatic rings. The molecule has 0 spiro atoms. The van der Waals surface area contributed by atoms with Crippen molar-refractivity contribution in [1.29, 1.82) is 0 Å². The van der Waals surface area contributed by atoms with E-state index < -0.39 is 0 Å². The number of thiophene rings is 1. The predicted molar refractivity (Wildman–Crippen MR) is 124 cm³/mol. The summed E-state index contributed by atoms with van der Waals surface area (Å²) in [5, 5.41) is 0.877. The van der Waals surface area contributed by atoms with Gasteiger partial charge in [-0.1, -0.05) is 32.0 Å². The highest BCUT2D eigenvalue weighted by Crippen LogP contribution is 2.33. The summed E-state index contributed by atoms with van der Waals surface area (Å²) in [5.41, 5.74) is 1.41. The summed E-state index contributed by atoms with van der Waals surface area (Å²) in [5.74, 6) is 1.75. The van der Waals surface area contributed by atoms with Gasteiger partial charge in [-0.25, -0.2) is 4.98 Å². The summed E-state index contributed by atoms with van der Waals surface area (Å²) in [7, 11) is 0. The minimum absolute atomic E-state index is 0.140. The van der Waals surface area contributed by atoms with Gasteiger partial charge in [-0.3, -0.25) is 14.3 Å². The van der Waals surface area contributed by atoms with E-state index in [4.69, 9.17) is 9.72 Å². The van der Waals surface area contributed by atoms with Crippen LogP contribution in [0.15, 0.2) is 35.1 Å². The molecule has 2 heterocycles. The monoisotopic (exact) mass is 425 g/mol. The molecule has 0 unspecified atom stereocenters. The maximum Gasteiger partial charge on any atom is 0.262 e. The summed E-state index contributed by atoms with van der Waals surface area (Å²) in [6.45, 7) is 8.13. The lowest BCUT2D eigenvalue weighted by molar-refractivity contribution is 0.274. The Hall–Kier alpha value is -2.18. The van der Waals surface area contributed by atoms with Gasteiger partial charge < -0.3 is 4.74 Å². The van der Waals surface area contributed by atoms with Crippen molar-refractivity contribution in [2.75, 3.05) is 19.7 Å². The Labute approximate surface area is 182 Å². The Kier molecular flexibility index (Phi) is 6.85. The maximum atomic E-state index is 13.6. The molecule has 0 saturated carbocycles. The molecule has 1 aromatic carbocycles. The highest BCUT2D eigenvalue weighted by molar-refractivity contribution is 7.18. The first-order valence-corrected chi connectivity index (χ1v) is 12.0. The fourth-order valence-corrected chi connectivity index (χ4v) is 5.48. The third-order valence-electron chi connectivity index (χ3n) is 5.95. The van der Waals surface area contributed by atoms with Gasteiger partial charge in [0.2, 0.25) is 0 Å². The zero-order chi connectivity index (χ0) is 20.9. The lowest BCUT2D eigenvalue weighted by Gasteiger charge is -2.20. The van der Waals surface area contributed by atoms with E-state index in [1.165, 1.54) is 23.3 Å². The van der Waals surface area contributed by atoms with Gasteiger partial charge in [0.15, 0.2) is 0 Å². The fraction of sp³-hybridized carbons (Fsp3) is 0.500. The van der Waals surface area contributed by atoms with Crippen LogP contribution in [0, 0.1) is 0 Å². The Balaban J connectivity index is 1.62. The van der Waals surface area contributed by atoms with Crippen LogP contribution in [-0.2, 0) is 25.9 Å². The Morgan fingerprint density at radius 1 is 1.13 bits per heavy atom. The van der Waals surface area contributed by atoms with E-state index in [2.05, 4.69) is 18.7 Å². The summed E-state index contributed by atoms with van der Waals surface area (Å²) in [6, 6.07) is 9.85. The summed E-state index contributed by atoms with van der Waals surface area (Å²) < 4.78 is 7.76. The molecule has 6 heteroatoms. The molecule has 0 bridgehead atoms. The number of benzene rings is 1. The van der Waals surface area contributed by atoms with E-state index in [0.717, 1.165) is 54.1 Å². The van der Waals surface area contributed by atoms with E-state index >= 15 is 0 Å². The average Bonchev–Trinajstić information content (AvgIpc) is 3.15. The average molecular weight is 426 g/mol. The molecule has 0 amide bonds. The second-order valence-electron chi connectivity index (χ2n) is 7.85. The van der Waals surface area contributed by atoms with Crippen molar-refractivity contribution in [3.8, 4) is 5.75 Å². The van der Waals surface area contributed by atoms with Crippen LogP contribution in [0.2, 0.25) is 0 Å². The molecule has 5 nitrogen and oxygen atoms in total. The molecule has 0 saturated heterocycles. The van der Waals surface area contributed by atoms with E-state index in [-0.39, 0.29) is 5.56 Å². The highest BCUT2D eigenvalue weighted by atomic mass is 32.1. The van der Waals surface area contributed by atoms with Crippen LogP contribution >= 0.6 is 11.3 Å². The number of rotatable bonds is 9. The number of aromatic nitrogens is 2. The van der Waals surface area contributed by atoms with E-state index in [0.29, 0.717) is 19.7 Å². The maximum absolute atomic E-state index is 13.6. The Morgan fingerprint density at radius 3 is 2.67 bits per heavy atom. The van der Waals surface area contributed by atoms with Crippen LogP contribution in [0.3, 0.4) is 0 Å². The largest absolute Gasteiger partial charge is 0.494 e. The molecule has 0 aliphatic heterocycles. The lowest BCUT2D eigenvalue weighted by Crippen LogP contribution is -2.31. The van der Waals surface area contributed by atoms with Crippen LogP contribution in [0.5, 0.6) is 5.75 Å². The molecule has 30 heavy (non-hydrogen) atoms. The van der Waals surface area contributed by atoms with Crippen LogP contribution in [0.1, 0.15) is 49.4 Å². The van der Waals surface area contributed by atoms with Crippen LogP contribution in [0.25, 0.3) is 10.2 Å². The van der Waals surface area contributed by atoms with Gasteiger partial charge in [0, 0.05) is 11.4 Å². The molecule has 0 radical (unpaired) electrons. The van der Waals surface area contributed by atoms with Gasteiger partial charge in [0.25, 0.3) is 5.56 Å². The molecule has 0 atom stereocenters. The SMILES string of the molecule is CCN(CC)Cc1nc2sc3c(c2c(=O)n1CCCOc1ccccc1)CCCC3. The van der Waals surface area contributed by atoms with E-state index in [9.17, 15) is 4.79 Å². The minimum atomic E-state index is 0.140. The number of hydrogen-bond acceptors (Lipinski definition) is 5. The summed E-state index contributed by atoms with van der Waals surface area (Å²) in [6.07, 6.45) is 5.27. The van der Waals surface area contributed by atoms with Crippen LogP contribution < -0.4 is 10.3 Å². The number of para-hydroxylation sites is 1. The van der Waals surface area contributed by atoms with Crippen molar-refractivity contribution >= 4 is 21.6 Å². The first kappa shape index (κ1) is 21.1. The van der Waals surface area contributed by atoms with Gasteiger partial charge in [0.05, 0.1) is 18.5 Å². The second-order valence-corrected chi connectivity index (χ2v) is 8.94. The normalized spacial score (nSPS) is 13.7. The smallest absolute Gasteiger partial charge is 0.262 e. The van der Waals surface area contributed by atoms with Crippen molar-refractivity contribution < 1.29 is 4.74 Å². The van der Waals surface area contributed by atoms with Gasteiger partial charge in [-0.15, -0.1) is 11.3 Å². The molecular formula is C24H31N3O2S. The number of aryl methyl sites for hydroxylation is 2. The molecule has 4 rings (SSSR count). The number of hydrogen-bond donors (Lipinski definition) is 0. The minimum Gasteiger partial charge on any atom is -0.494 e. The highest BCUT2D eigenvalue weighted by Gasteiger charge is 2.22. The Morgan fingerprint density at radius 2 is 1.90 bits per heavy atom. The zero-order valence-corrected chi connectivity index (χ0v) is 18.8. The van der Waals surface area contributed by atoms with Gasteiger partial charge in [-0.05, 0) is 62.9 Å². The van der Waals surface area contributed by atoms with E-state index in [1.807, 2.05) is 34.9 Å². The van der Waals surface area contributed by atoms with E-state index in [1.54, 1.807) is 11.3 Å². The molecule has 2 aromatic heterocycles. The number of ether oxygens (including phenoxy) is 1. The molecule has 1 aliphatic carbocycles. The molecule has 0 N–H and O–H groups in total. The van der Waals surface area contributed by atoms with Crippen LogP contribution in [-0.4, -0.2) is 34.1 Å². The molecule has 160 valence electrons. The summed E-state index contributed by atoms with van der Waals surface area (Å²) in [4.78, 5) is 23.2. The third-order valence-corrected chi connectivity index (χ3v) is 7.14. The van der Waals surface area contributed by atoms with Crippen molar-refractivity contribution in [1.82, 2.24) is 14.5 Å². The zero-order valence-electron chi connectivity index (χ0n) is 18.0. The van der Waals surface area contributed by atoms with Crippen LogP contribution in [0.4, 0.5) is 0 Å². The molecular weight excluding hydrogens is 394 g/mol. The van der Waals surface area contributed by atoms with Gasteiger partial charge >= 0.3 is 0 Å². The Bertz CT molecular complexity index is 1040. The third kappa shape index (κ3) is 4.44. The second kappa shape index (κ2) is 9.75. The van der Waals surface area contributed by atoms with Crippen molar-refractivity contribution in [2.45, 2.75) is 59.0 Å². The standard InChI is InChI=1S/C24H31N3O2S/c1-3-26(4-2)17-21-25-23-22(19-13-8-9-14-20(19)30-23)24(28)27(21)15-10-16-29-18-11-6-5-7-12-18/h5-7,11-12H,3-4,8-10,13-17H2,1-2H3. The number of fused-ring (bicyclic) bond motifs is 3. The number of nitrogens with zero attached hydrogens (tertiary/aromatic N) is 3. The molecule has 1 aliphatic rings. The summed E-state index contributed by atoms with van der Waals surface area (Å²) >= 11 is 1.74. The predicted octanol–water partition coefficient (Wildman–Crippen LogP) is 4.65. The first-order chi connectivity index (χ1) is 14.7. The molecule has 0 fully saturated rings. The topological polar surface area (TPSA) is 47.4 Å². The van der Waals surface area contributed by atoms with Gasteiger partial charge in [-0.2, -0.15) is 0 Å². The van der Waals surface area contributed by atoms with Gasteiger partial charge in [0.1, 0.15) is 16.4 Å².